The third-order valence-electron chi connectivity index (χ3n) is 9.73. The number of rotatable bonds is 7. The van der Waals surface area contributed by atoms with Crippen LogP contribution in [-0.4, -0.2) is 88.5 Å². The Morgan fingerprint density at radius 2 is 1.50 bits per heavy atom. The van der Waals surface area contributed by atoms with Crippen LogP contribution in [0.3, 0.4) is 0 Å². The SMILES string of the molecule is O=C(c1cn(CC2(O)CCN(C(=O)C(CC(F)(F)F)CC(F)(F)F)CC23CCCC3)c(=O)cc1-c1ccccc1)N1CCNCC1. The zero-order chi connectivity index (χ0) is 33.3. The molecule has 1 unspecified atom stereocenters. The summed E-state index contributed by atoms with van der Waals surface area (Å²) < 4.78 is 80.5. The molecule has 2 amide bonds. The number of likely N-dealkylation sites (tertiary alicyclic amines) is 1. The molecule has 5 rings (SSSR count). The van der Waals surface area contributed by atoms with Crippen molar-refractivity contribution in [2.75, 3.05) is 39.3 Å². The van der Waals surface area contributed by atoms with Gasteiger partial charge in [-0.15, -0.1) is 0 Å². The molecule has 46 heavy (non-hydrogen) atoms. The summed E-state index contributed by atoms with van der Waals surface area (Å²) in [6.07, 6.45) is -10.4. The van der Waals surface area contributed by atoms with Crippen LogP contribution in [0, 0.1) is 11.3 Å². The quantitative estimate of drug-likeness (QED) is 0.425. The van der Waals surface area contributed by atoms with Crippen molar-refractivity contribution in [3.05, 3.63) is 58.5 Å². The number of pyridine rings is 1. The molecule has 1 saturated carbocycles. The van der Waals surface area contributed by atoms with Crippen molar-refractivity contribution in [2.45, 2.75) is 69.4 Å². The Morgan fingerprint density at radius 3 is 2.09 bits per heavy atom. The van der Waals surface area contributed by atoms with Crippen molar-refractivity contribution < 1.29 is 41.0 Å². The van der Waals surface area contributed by atoms with E-state index in [1.165, 1.54) is 16.8 Å². The molecule has 252 valence electrons. The first-order valence-electron chi connectivity index (χ1n) is 15.5. The molecule has 8 nitrogen and oxygen atoms in total. The van der Waals surface area contributed by atoms with Gasteiger partial charge in [0, 0.05) is 62.5 Å². The van der Waals surface area contributed by atoms with Crippen molar-refractivity contribution in [1.29, 1.82) is 0 Å². The van der Waals surface area contributed by atoms with E-state index in [-0.39, 0.29) is 37.5 Å². The lowest BCUT2D eigenvalue weighted by molar-refractivity contribution is -0.190. The summed E-state index contributed by atoms with van der Waals surface area (Å²) in [5.41, 5.74) is -1.78. The van der Waals surface area contributed by atoms with Crippen LogP contribution in [0.4, 0.5) is 26.3 Å². The summed E-state index contributed by atoms with van der Waals surface area (Å²) in [6, 6.07) is 10.3. The number of aliphatic hydroxyl groups is 1. The fourth-order valence-electron chi connectivity index (χ4n) is 7.39. The lowest BCUT2D eigenvalue weighted by Gasteiger charge is -2.53. The number of halogens is 6. The highest BCUT2D eigenvalue weighted by atomic mass is 19.4. The monoisotopic (exact) mass is 656 g/mol. The first kappa shape index (κ1) is 34.0. The molecule has 3 aliphatic rings. The van der Waals surface area contributed by atoms with Crippen LogP contribution in [0.15, 0.2) is 47.4 Å². The van der Waals surface area contributed by atoms with Gasteiger partial charge < -0.3 is 24.8 Å². The number of hydrogen-bond donors (Lipinski definition) is 2. The third kappa shape index (κ3) is 7.43. The maximum atomic E-state index is 13.8. The summed E-state index contributed by atoms with van der Waals surface area (Å²) >= 11 is 0. The summed E-state index contributed by atoms with van der Waals surface area (Å²) in [6.45, 7) is 1.40. The highest BCUT2D eigenvalue weighted by molar-refractivity contribution is 6.00. The molecule has 1 aliphatic carbocycles. The second-order valence-corrected chi connectivity index (χ2v) is 12.8. The number of amides is 2. The topological polar surface area (TPSA) is 94.9 Å². The fraction of sp³-hybridized carbons (Fsp3) is 0.594. The lowest BCUT2D eigenvalue weighted by atomic mass is 9.65. The summed E-state index contributed by atoms with van der Waals surface area (Å²) in [4.78, 5) is 43.2. The van der Waals surface area contributed by atoms with E-state index in [4.69, 9.17) is 0 Å². The van der Waals surface area contributed by atoms with Crippen LogP contribution in [0.1, 0.15) is 55.3 Å². The van der Waals surface area contributed by atoms with Gasteiger partial charge in [0.1, 0.15) is 0 Å². The van der Waals surface area contributed by atoms with E-state index in [1.54, 1.807) is 29.2 Å². The van der Waals surface area contributed by atoms with Crippen LogP contribution < -0.4 is 10.9 Å². The second-order valence-electron chi connectivity index (χ2n) is 12.8. The van der Waals surface area contributed by atoms with E-state index >= 15 is 0 Å². The van der Waals surface area contributed by atoms with Gasteiger partial charge in [-0.25, -0.2) is 0 Å². The third-order valence-corrected chi connectivity index (χ3v) is 9.73. The standard InChI is InChI=1S/C32H38F6N4O4/c33-31(34,35)17-23(18-32(36,37)38)27(44)41-13-10-30(46,29(20-41)8-4-5-9-29)21-42-19-25(28(45)40-14-11-39-12-15-40)24(16-26(42)43)22-6-2-1-3-7-22/h1-3,6-7,16,19,23,39,46H,4-5,8-15,17-18,20-21H2. The molecule has 3 fully saturated rings. The first-order valence-corrected chi connectivity index (χ1v) is 15.5. The Bertz CT molecular complexity index is 1450. The number of carbonyl (C=O) groups is 2. The van der Waals surface area contributed by atoms with Crippen LogP contribution in [-0.2, 0) is 11.3 Å². The molecule has 1 aromatic heterocycles. The maximum Gasteiger partial charge on any atom is 0.389 e. The molecule has 0 bridgehead atoms. The summed E-state index contributed by atoms with van der Waals surface area (Å²) in [7, 11) is 0. The minimum absolute atomic E-state index is 0.155. The molecular weight excluding hydrogens is 618 g/mol. The number of aromatic nitrogens is 1. The largest absolute Gasteiger partial charge is 0.389 e. The molecule has 1 atom stereocenters. The Labute approximate surface area is 262 Å². The summed E-state index contributed by atoms with van der Waals surface area (Å²) in [5.74, 6) is -3.84. The van der Waals surface area contributed by atoms with Gasteiger partial charge in [0.25, 0.3) is 11.5 Å². The Balaban J connectivity index is 1.46. The van der Waals surface area contributed by atoms with E-state index in [0.29, 0.717) is 63.0 Å². The minimum atomic E-state index is -4.97. The number of nitrogens with one attached hydrogen (secondary N) is 1. The molecule has 2 aliphatic heterocycles. The first-order chi connectivity index (χ1) is 21.6. The smallest absolute Gasteiger partial charge is 0.387 e. The normalized spacial score (nSPS) is 22.1. The van der Waals surface area contributed by atoms with Crippen molar-refractivity contribution in [3.63, 3.8) is 0 Å². The molecule has 0 radical (unpaired) electrons. The fourth-order valence-corrected chi connectivity index (χ4v) is 7.39. The van der Waals surface area contributed by atoms with Gasteiger partial charge in [-0.2, -0.15) is 26.3 Å². The zero-order valence-corrected chi connectivity index (χ0v) is 25.3. The van der Waals surface area contributed by atoms with E-state index in [9.17, 15) is 45.8 Å². The predicted molar refractivity (Wildman–Crippen MR) is 157 cm³/mol. The Kier molecular flexibility index (Phi) is 9.61. The molecule has 14 heteroatoms. The van der Waals surface area contributed by atoms with Crippen LogP contribution >= 0.6 is 0 Å². The van der Waals surface area contributed by atoms with Gasteiger partial charge >= 0.3 is 12.4 Å². The maximum absolute atomic E-state index is 13.8. The van der Waals surface area contributed by atoms with Crippen LogP contribution in [0.25, 0.3) is 11.1 Å². The Hall–Kier alpha value is -3.39. The van der Waals surface area contributed by atoms with Gasteiger partial charge in [-0.05, 0) is 24.8 Å². The van der Waals surface area contributed by atoms with Crippen LogP contribution in [0.5, 0.6) is 0 Å². The van der Waals surface area contributed by atoms with Crippen molar-refractivity contribution >= 4 is 11.8 Å². The van der Waals surface area contributed by atoms with E-state index in [1.807, 2.05) is 6.07 Å². The van der Waals surface area contributed by atoms with Gasteiger partial charge in [0.05, 0.1) is 36.5 Å². The predicted octanol–water partition coefficient (Wildman–Crippen LogP) is 4.61. The Morgan fingerprint density at radius 1 is 0.891 bits per heavy atom. The molecule has 1 aromatic carbocycles. The van der Waals surface area contributed by atoms with Gasteiger partial charge in [0.2, 0.25) is 5.91 Å². The van der Waals surface area contributed by atoms with E-state index in [2.05, 4.69) is 5.32 Å². The molecular formula is C32H38F6N4O4. The summed E-state index contributed by atoms with van der Waals surface area (Å²) in [5, 5.41) is 15.4. The highest BCUT2D eigenvalue weighted by Gasteiger charge is 2.56. The number of benzene rings is 1. The number of nitrogens with zero attached hydrogens (tertiary/aromatic N) is 3. The number of alkyl halides is 6. The molecule has 2 saturated heterocycles. The van der Waals surface area contributed by atoms with Gasteiger partial charge in [-0.1, -0.05) is 43.2 Å². The molecule has 2 aromatic rings. The number of hydrogen-bond acceptors (Lipinski definition) is 5. The van der Waals surface area contributed by atoms with Gasteiger partial charge in [-0.3, -0.25) is 14.4 Å². The van der Waals surface area contributed by atoms with Gasteiger partial charge in [0.15, 0.2) is 0 Å². The molecule has 2 N–H and O–H groups in total. The van der Waals surface area contributed by atoms with Crippen molar-refractivity contribution in [1.82, 2.24) is 19.7 Å². The second kappa shape index (κ2) is 13.0. The molecule has 3 heterocycles. The number of piperidine rings is 1. The van der Waals surface area contributed by atoms with Crippen molar-refractivity contribution in [3.8, 4) is 11.1 Å². The zero-order valence-electron chi connectivity index (χ0n) is 25.3. The number of carbonyl (C=O) groups excluding carboxylic acids is 2. The number of piperazine rings is 1. The van der Waals surface area contributed by atoms with E-state index in [0.717, 1.165) is 4.90 Å². The minimum Gasteiger partial charge on any atom is -0.387 e. The highest BCUT2D eigenvalue weighted by Crippen LogP contribution is 2.52. The van der Waals surface area contributed by atoms with E-state index < -0.39 is 53.6 Å². The van der Waals surface area contributed by atoms with Crippen LogP contribution in [0.2, 0.25) is 0 Å². The van der Waals surface area contributed by atoms with Crippen molar-refractivity contribution in [2.24, 2.45) is 11.3 Å². The average Bonchev–Trinajstić information content (AvgIpc) is 3.48. The average molecular weight is 657 g/mol. The molecule has 1 spiro atoms. The lowest BCUT2D eigenvalue weighted by Crippen LogP contribution is -2.62.